The van der Waals surface area contributed by atoms with Crippen LogP contribution in [0.3, 0.4) is 0 Å². The van der Waals surface area contributed by atoms with Crippen molar-refractivity contribution >= 4 is 10.0 Å². The van der Waals surface area contributed by atoms with Crippen molar-refractivity contribution in [1.29, 1.82) is 0 Å². The van der Waals surface area contributed by atoms with E-state index in [1.54, 1.807) is 0 Å². The molecule has 4 nitrogen and oxygen atoms in total. The molecular formula is C8H18N2O2S. The van der Waals surface area contributed by atoms with Gasteiger partial charge < -0.3 is 5.73 Å². The van der Waals surface area contributed by atoms with E-state index >= 15 is 0 Å². The summed E-state index contributed by atoms with van der Waals surface area (Å²) in [5.41, 5.74) is 5.90. The molecule has 0 spiro atoms. The van der Waals surface area contributed by atoms with Crippen LogP contribution < -0.4 is 5.73 Å². The molecular weight excluding hydrogens is 188 g/mol. The Hall–Kier alpha value is -0.130. The van der Waals surface area contributed by atoms with Crippen molar-refractivity contribution in [2.24, 2.45) is 5.73 Å². The first kappa shape index (κ1) is 10.9. The first-order valence-electron chi connectivity index (χ1n) is 4.61. The molecule has 0 aromatic carbocycles. The summed E-state index contributed by atoms with van der Waals surface area (Å²) in [5, 5.41) is 0. The van der Waals surface area contributed by atoms with Crippen molar-refractivity contribution in [2.45, 2.75) is 31.7 Å². The molecule has 0 atom stereocenters. The molecule has 5 heteroatoms. The molecule has 13 heavy (non-hydrogen) atoms. The third kappa shape index (κ3) is 2.65. The van der Waals surface area contributed by atoms with E-state index < -0.39 is 10.0 Å². The van der Waals surface area contributed by atoms with E-state index in [0.29, 0.717) is 13.1 Å². The number of hydrogen-bond acceptors (Lipinski definition) is 3. The van der Waals surface area contributed by atoms with Gasteiger partial charge in [0.1, 0.15) is 0 Å². The predicted molar refractivity (Wildman–Crippen MR) is 52.9 cm³/mol. The second kappa shape index (κ2) is 3.55. The fourth-order valence-electron chi connectivity index (χ4n) is 1.62. The lowest BCUT2D eigenvalue weighted by Gasteiger charge is -2.37. The summed E-state index contributed by atoms with van der Waals surface area (Å²) in [6.07, 6.45) is 3.72. The second-order valence-electron chi connectivity index (χ2n) is 3.88. The van der Waals surface area contributed by atoms with Gasteiger partial charge in [-0.1, -0.05) is 6.92 Å². The molecule has 0 amide bonds. The zero-order valence-corrected chi connectivity index (χ0v) is 9.10. The minimum Gasteiger partial charge on any atom is -0.325 e. The van der Waals surface area contributed by atoms with E-state index in [1.807, 2.05) is 0 Å². The number of hydrogen-bond donors (Lipinski definition) is 1. The monoisotopic (exact) mass is 206 g/mol. The maximum atomic E-state index is 11.2. The first-order chi connectivity index (χ1) is 5.87. The highest BCUT2D eigenvalue weighted by Gasteiger charge is 2.31. The van der Waals surface area contributed by atoms with Gasteiger partial charge in [-0.15, -0.1) is 0 Å². The summed E-state index contributed by atoms with van der Waals surface area (Å²) in [7, 11) is -3.01. The standard InChI is InChI=1S/C8H18N2O2S/c1-3-8(9)4-6-10(7-5-8)13(2,11)12/h3-7,9H2,1-2H3. The lowest BCUT2D eigenvalue weighted by molar-refractivity contribution is 0.231. The third-order valence-electron chi connectivity index (χ3n) is 2.89. The van der Waals surface area contributed by atoms with E-state index in [4.69, 9.17) is 5.73 Å². The van der Waals surface area contributed by atoms with Crippen molar-refractivity contribution < 1.29 is 8.42 Å². The Morgan fingerprint density at radius 2 is 1.85 bits per heavy atom. The van der Waals surface area contributed by atoms with Gasteiger partial charge in [-0.3, -0.25) is 0 Å². The van der Waals surface area contributed by atoms with Crippen LogP contribution in [0.15, 0.2) is 0 Å². The topological polar surface area (TPSA) is 63.4 Å². The quantitative estimate of drug-likeness (QED) is 0.699. The Bertz CT molecular complexity index is 266. The van der Waals surface area contributed by atoms with Crippen molar-refractivity contribution in [1.82, 2.24) is 4.31 Å². The second-order valence-corrected chi connectivity index (χ2v) is 5.86. The molecule has 0 aromatic rings. The molecule has 1 aliphatic heterocycles. The maximum Gasteiger partial charge on any atom is 0.211 e. The number of nitrogens with two attached hydrogens (primary N) is 1. The number of rotatable bonds is 2. The summed E-state index contributed by atoms with van der Waals surface area (Å²) in [6, 6.07) is 0. The van der Waals surface area contributed by atoms with Gasteiger partial charge >= 0.3 is 0 Å². The summed E-state index contributed by atoms with van der Waals surface area (Å²) >= 11 is 0. The zero-order valence-electron chi connectivity index (χ0n) is 8.28. The van der Waals surface area contributed by atoms with Crippen molar-refractivity contribution in [3.8, 4) is 0 Å². The minimum atomic E-state index is -3.01. The van der Waals surface area contributed by atoms with Crippen LogP contribution in [0.1, 0.15) is 26.2 Å². The third-order valence-corrected chi connectivity index (χ3v) is 4.19. The van der Waals surface area contributed by atoms with E-state index in [0.717, 1.165) is 19.3 Å². The zero-order chi connectivity index (χ0) is 10.1. The molecule has 1 fully saturated rings. The van der Waals surface area contributed by atoms with Crippen LogP contribution in [0.4, 0.5) is 0 Å². The number of nitrogens with zero attached hydrogens (tertiary/aromatic N) is 1. The van der Waals surface area contributed by atoms with Gasteiger partial charge in [0.15, 0.2) is 0 Å². The van der Waals surface area contributed by atoms with Crippen LogP contribution in [-0.2, 0) is 10.0 Å². The highest BCUT2D eigenvalue weighted by molar-refractivity contribution is 7.88. The predicted octanol–water partition coefficient (Wildman–Crippen LogP) is 0.149. The van der Waals surface area contributed by atoms with Gasteiger partial charge in [0.25, 0.3) is 0 Å². The Morgan fingerprint density at radius 1 is 1.38 bits per heavy atom. The number of sulfonamides is 1. The molecule has 1 saturated heterocycles. The molecule has 1 rings (SSSR count). The van der Waals surface area contributed by atoms with Crippen LogP contribution >= 0.6 is 0 Å². The van der Waals surface area contributed by atoms with Crippen LogP contribution in [0, 0.1) is 0 Å². The molecule has 78 valence electrons. The number of piperidine rings is 1. The van der Waals surface area contributed by atoms with E-state index in [2.05, 4.69) is 6.92 Å². The summed E-state index contributed by atoms with van der Waals surface area (Å²) < 4.78 is 23.8. The van der Waals surface area contributed by atoms with Crippen molar-refractivity contribution in [2.75, 3.05) is 19.3 Å². The smallest absolute Gasteiger partial charge is 0.211 e. The molecule has 0 bridgehead atoms. The van der Waals surface area contributed by atoms with E-state index in [9.17, 15) is 8.42 Å². The van der Waals surface area contributed by atoms with Crippen LogP contribution in [0.5, 0.6) is 0 Å². The maximum absolute atomic E-state index is 11.2. The molecule has 0 aromatic heterocycles. The summed E-state index contributed by atoms with van der Waals surface area (Å²) in [5.74, 6) is 0. The molecule has 0 saturated carbocycles. The van der Waals surface area contributed by atoms with Gasteiger partial charge in [-0.2, -0.15) is 0 Å². The van der Waals surface area contributed by atoms with Crippen molar-refractivity contribution in [3.63, 3.8) is 0 Å². The highest BCUT2D eigenvalue weighted by atomic mass is 32.2. The van der Waals surface area contributed by atoms with Gasteiger partial charge in [0.05, 0.1) is 6.26 Å². The average molecular weight is 206 g/mol. The lowest BCUT2D eigenvalue weighted by atomic mass is 9.87. The van der Waals surface area contributed by atoms with Gasteiger partial charge in [0.2, 0.25) is 10.0 Å². The van der Waals surface area contributed by atoms with E-state index in [-0.39, 0.29) is 5.54 Å². The Labute approximate surface area is 80.1 Å². The van der Waals surface area contributed by atoms with E-state index in [1.165, 1.54) is 10.6 Å². The SMILES string of the molecule is CCC1(N)CCN(S(C)(=O)=O)CC1. The largest absolute Gasteiger partial charge is 0.325 e. The minimum absolute atomic E-state index is 0.138. The molecule has 0 aliphatic carbocycles. The van der Waals surface area contributed by atoms with Crippen LogP contribution in [0.25, 0.3) is 0 Å². The first-order valence-corrected chi connectivity index (χ1v) is 6.46. The lowest BCUT2D eigenvalue weighted by Crippen LogP contribution is -2.51. The molecule has 2 N–H and O–H groups in total. The van der Waals surface area contributed by atoms with Crippen molar-refractivity contribution in [3.05, 3.63) is 0 Å². The fraction of sp³-hybridized carbons (Fsp3) is 1.00. The Morgan fingerprint density at radius 3 is 2.15 bits per heavy atom. The molecule has 1 heterocycles. The fourth-order valence-corrected chi connectivity index (χ4v) is 2.46. The summed E-state index contributed by atoms with van der Waals surface area (Å²) in [4.78, 5) is 0. The van der Waals surface area contributed by atoms with Gasteiger partial charge in [-0.05, 0) is 19.3 Å². The van der Waals surface area contributed by atoms with Crippen LogP contribution in [0.2, 0.25) is 0 Å². The molecule has 1 aliphatic rings. The van der Waals surface area contributed by atoms with Gasteiger partial charge in [0, 0.05) is 18.6 Å². The van der Waals surface area contributed by atoms with Crippen LogP contribution in [-0.4, -0.2) is 37.6 Å². The molecule has 0 unspecified atom stereocenters. The highest BCUT2D eigenvalue weighted by Crippen LogP contribution is 2.23. The molecule has 0 radical (unpaired) electrons. The average Bonchev–Trinajstić information content (AvgIpc) is 2.04. The van der Waals surface area contributed by atoms with Gasteiger partial charge in [-0.25, -0.2) is 12.7 Å². The normalized spacial score (nSPS) is 24.5. The Kier molecular flexibility index (Phi) is 2.99. The Balaban J connectivity index is 2.58. The summed E-state index contributed by atoms with van der Waals surface area (Å²) in [6.45, 7) is 3.20.